The zero-order valence-electron chi connectivity index (χ0n) is 10.0. The van der Waals surface area contributed by atoms with E-state index in [1.54, 1.807) is 19.3 Å². The summed E-state index contributed by atoms with van der Waals surface area (Å²) in [5.74, 6) is -2.17. The Morgan fingerprint density at radius 2 is 2.05 bits per heavy atom. The molecule has 0 unspecified atom stereocenters. The van der Waals surface area contributed by atoms with E-state index in [1.165, 1.54) is 15.7 Å². The van der Waals surface area contributed by atoms with Crippen LogP contribution < -0.4 is 10.5 Å². The van der Waals surface area contributed by atoms with E-state index in [9.17, 15) is 13.6 Å². The Labute approximate surface area is 115 Å². The van der Waals surface area contributed by atoms with Gasteiger partial charge >= 0.3 is 0 Å². The number of alkyl halides is 2. The molecule has 0 radical (unpaired) electrons. The maximum Gasteiger partial charge on any atom is 0.282 e. The molecule has 19 heavy (non-hydrogen) atoms. The van der Waals surface area contributed by atoms with Gasteiger partial charge in [0, 0.05) is 29.3 Å². The van der Waals surface area contributed by atoms with Gasteiger partial charge in [-0.15, -0.1) is 0 Å². The van der Waals surface area contributed by atoms with Gasteiger partial charge in [0.1, 0.15) is 5.82 Å². The Kier molecular flexibility index (Phi) is 2.63. The van der Waals surface area contributed by atoms with Crippen LogP contribution in [0.4, 0.5) is 14.6 Å². The average Bonchev–Trinajstić information content (AvgIpc) is 2.32. The van der Waals surface area contributed by atoms with Crippen LogP contribution in [0.2, 0.25) is 0 Å². The summed E-state index contributed by atoms with van der Waals surface area (Å²) >= 11 is 3.37. The second-order valence-electron chi connectivity index (χ2n) is 4.69. The van der Waals surface area contributed by atoms with Crippen LogP contribution in [0, 0.1) is 0 Å². The van der Waals surface area contributed by atoms with Gasteiger partial charge in [-0.3, -0.25) is 4.79 Å². The molecule has 1 aliphatic rings. The van der Waals surface area contributed by atoms with Crippen molar-refractivity contribution < 1.29 is 8.78 Å². The first kappa shape index (κ1) is 12.5. The highest BCUT2D eigenvalue weighted by molar-refractivity contribution is 9.10. The third kappa shape index (κ3) is 2.01. The van der Waals surface area contributed by atoms with Gasteiger partial charge in [-0.25, -0.2) is 13.8 Å². The first-order valence-corrected chi connectivity index (χ1v) is 6.44. The molecule has 0 spiro atoms. The van der Waals surface area contributed by atoms with Crippen molar-refractivity contribution in [2.24, 2.45) is 7.05 Å². The molecule has 1 aliphatic heterocycles. The summed E-state index contributed by atoms with van der Waals surface area (Å²) in [5, 5.41) is 1.15. The highest BCUT2D eigenvalue weighted by Gasteiger charge is 2.44. The lowest BCUT2D eigenvalue weighted by Gasteiger charge is -2.39. The number of hydrogen-bond donors (Lipinski definition) is 0. The van der Waals surface area contributed by atoms with Gasteiger partial charge in [0.2, 0.25) is 0 Å². The van der Waals surface area contributed by atoms with Crippen molar-refractivity contribution >= 4 is 32.5 Å². The van der Waals surface area contributed by atoms with Crippen molar-refractivity contribution in [2.75, 3.05) is 18.0 Å². The number of pyridine rings is 2. The van der Waals surface area contributed by atoms with E-state index in [0.717, 1.165) is 4.47 Å². The topological polar surface area (TPSA) is 38.1 Å². The van der Waals surface area contributed by atoms with E-state index in [-0.39, 0.29) is 18.6 Å². The van der Waals surface area contributed by atoms with Crippen molar-refractivity contribution in [2.45, 2.75) is 5.92 Å². The normalized spacial score (nSPS) is 17.6. The van der Waals surface area contributed by atoms with Crippen molar-refractivity contribution in [1.82, 2.24) is 9.55 Å². The molecule has 2 aromatic heterocycles. The van der Waals surface area contributed by atoms with Crippen molar-refractivity contribution in [3.8, 4) is 0 Å². The summed E-state index contributed by atoms with van der Waals surface area (Å²) in [5.41, 5.74) is -0.161. The number of nitrogens with zero attached hydrogens (tertiary/aromatic N) is 3. The van der Waals surface area contributed by atoms with Gasteiger partial charge in [-0.2, -0.15) is 0 Å². The second-order valence-corrected chi connectivity index (χ2v) is 5.55. The summed E-state index contributed by atoms with van der Waals surface area (Å²) in [6, 6.07) is 1.66. The Bertz CT molecular complexity index is 721. The minimum Gasteiger partial charge on any atom is -0.344 e. The van der Waals surface area contributed by atoms with Gasteiger partial charge in [0.15, 0.2) is 0 Å². The lowest BCUT2D eigenvalue weighted by Crippen LogP contribution is -2.56. The van der Waals surface area contributed by atoms with E-state index in [0.29, 0.717) is 16.6 Å². The highest BCUT2D eigenvalue weighted by atomic mass is 79.9. The zero-order valence-corrected chi connectivity index (χ0v) is 11.6. The lowest BCUT2D eigenvalue weighted by atomic mass is 10.1. The Morgan fingerprint density at radius 3 is 2.68 bits per heavy atom. The molecule has 4 nitrogen and oxygen atoms in total. The number of hydrogen-bond acceptors (Lipinski definition) is 3. The van der Waals surface area contributed by atoms with Crippen molar-refractivity contribution in [3.63, 3.8) is 0 Å². The molecule has 3 rings (SSSR count). The Balaban J connectivity index is 2.10. The summed E-state index contributed by atoms with van der Waals surface area (Å²) < 4.78 is 27.9. The van der Waals surface area contributed by atoms with Crippen LogP contribution in [0.1, 0.15) is 0 Å². The van der Waals surface area contributed by atoms with E-state index in [2.05, 4.69) is 20.9 Å². The molecule has 0 aliphatic carbocycles. The van der Waals surface area contributed by atoms with Gasteiger partial charge in [-0.1, -0.05) is 0 Å². The molecule has 2 aromatic rings. The van der Waals surface area contributed by atoms with Gasteiger partial charge in [0.05, 0.1) is 18.5 Å². The number of aromatic nitrogens is 2. The fourth-order valence-electron chi connectivity index (χ4n) is 2.15. The average molecular weight is 330 g/mol. The SMILES string of the molecule is Cn1cc(Br)c2cc(N3CC(F)(F)C3)ncc2c1=O. The van der Waals surface area contributed by atoms with Crippen LogP contribution in [-0.2, 0) is 7.05 Å². The molecular formula is C12H10BrF2N3O. The number of rotatable bonds is 1. The number of halogens is 3. The predicted molar refractivity (Wildman–Crippen MR) is 71.8 cm³/mol. The van der Waals surface area contributed by atoms with Crippen LogP contribution in [-0.4, -0.2) is 28.6 Å². The highest BCUT2D eigenvalue weighted by Crippen LogP contribution is 2.32. The van der Waals surface area contributed by atoms with E-state index >= 15 is 0 Å². The van der Waals surface area contributed by atoms with Crippen molar-refractivity contribution in [1.29, 1.82) is 0 Å². The fourth-order valence-corrected chi connectivity index (χ4v) is 2.78. The maximum atomic E-state index is 12.9. The molecular weight excluding hydrogens is 320 g/mol. The molecule has 0 saturated carbocycles. The third-order valence-corrected chi connectivity index (χ3v) is 3.80. The number of aryl methyl sites for hydroxylation is 1. The number of anilines is 1. The Morgan fingerprint density at radius 1 is 1.37 bits per heavy atom. The van der Waals surface area contributed by atoms with Crippen LogP contribution in [0.3, 0.4) is 0 Å². The first-order valence-electron chi connectivity index (χ1n) is 5.65. The van der Waals surface area contributed by atoms with E-state index in [4.69, 9.17) is 0 Å². The maximum absolute atomic E-state index is 12.9. The van der Waals surface area contributed by atoms with Crippen LogP contribution in [0.25, 0.3) is 10.8 Å². The van der Waals surface area contributed by atoms with E-state index in [1.807, 2.05) is 0 Å². The molecule has 0 amide bonds. The Hall–Kier alpha value is -1.50. The lowest BCUT2D eigenvalue weighted by molar-refractivity contribution is -0.0266. The molecule has 3 heterocycles. The van der Waals surface area contributed by atoms with Gasteiger partial charge < -0.3 is 9.47 Å². The molecule has 7 heteroatoms. The van der Waals surface area contributed by atoms with Crippen LogP contribution in [0.5, 0.6) is 0 Å². The quantitative estimate of drug-likeness (QED) is 0.804. The van der Waals surface area contributed by atoms with Gasteiger partial charge in [0.25, 0.3) is 11.5 Å². The molecule has 0 bridgehead atoms. The molecule has 100 valence electrons. The first-order chi connectivity index (χ1) is 8.87. The smallest absolute Gasteiger partial charge is 0.282 e. The predicted octanol–water partition coefficient (Wildman–Crippen LogP) is 2.15. The summed E-state index contributed by atoms with van der Waals surface area (Å²) in [4.78, 5) is 17.5. The van der Waals surface area contributed by atoms with Crippen LogP contribution >= 0.6 is 15.9 Å². The largest absolute Gasteiger partial charge is 0.344 e. The molecule has 0 aromatic carbocycles. The minimum absolute atomic E-state index is 0.161. The molecule has 1 fully saturated rings. The summed E-state index contributed by atoms with van der Waals surface area (Å²) in [6.45, 7) is -0.651. The summed E-state index contributed by atoms with van der Waals surface area (Å²) in [7, 11) is 1.65. The van der Waals surface area contributed by atoms with Crippen molar-refractivity contribution in [3.05, 3.63) is 33.3 Å². The molecule has 0 N–H and O–H groups in total. The second kappa shape index (κ2) is 4.00. The molecule has 0 atom stereocenters. The van der Waals surface area contributed by atoms with Crippen LogP contribution in [0.15, 0.2) is 27.7 Å². The minimum atomic E-state index is -2.64. The monoisotopic (exact) mass is 329 g/mol. The standard InChI is InChI=1S/C12H10BrF2N3O/c1-17-4-9(13)7-2-10(16-3-8(7)11(17)19)18-5-12(14,15)6-18/h2-4H,5-6H2,1H3. The van der Waals surface area contributed by atoms with E-state index < -0.39 is 5.92 Å². The molecule has 1 saturated heterocycles. The zero-order chi connectivity index (χ0) is 13.8. The number of fused-ring (bicyclic) bond motifs is 1. The third-order valence-electron chi connectivity index (χ3n) is 3.17. The fraction of sp³-hybridized carbons (Fsp3) is 0.333. The summed E-state index contributed by atoms with van der Waals surface area (Å²) in [6.07, 6.45) is 3.09. The van der Waals surface area contributed by atoms with Gasteiger partial charge in [-0.05, 0) is 22.0 Å².